The summed E-state index contributed by atoms with van der Waals surface area (Å²) in [6, 6.07) is 12.5. The van der Waals surface area contributed by atoms with Crippen molar-refractivity contribution in [2.45, 2.75) is 23.5 Å². The van der Waals surface area contributed by atoms with Crippen molar-refractivity contribution in [3.05, 3.63) is 84.2 Å². The van der Waals surface area contributed by atoms with Crippen LogP contribution in [0.3, 0.4) is 0 Å². The Morgan fingerprint density at radius 1 is 0.923 bits per heavy atom. The molecule has 0 atom stereocenters. The maximum Gasteiger partial charge on any atom is 0.501 e. The number of sulfone groups is 1. The maximum atomic E-state index is 13.0. The monoisotopic (exact) mass is 583 g/mol. The second-order valence-electron chi connectivity index (χ2n) is 8.26. The molecule has 1 fully saturated rings. The van der Waals surface area contributed by atoms with E-state index in [2.05, 4.69) is 14.4 Å². The van der Waals surface area contributed by atoms with Crippen LogP contribution in [0.15, 0.2) is 78.0 Å². The number of nitrogens with zero attached hydrogens (tertiary/aromatic N) is 3. The Kier molecular flexibility index (Phi) is 7.63. The van der Waals surface area contributed by atoms with Gasteiger partial charge in [0.2, 0.25) is 0 Å². The number of hydrogen-bond donors (Lipinski definition) is 2. The molecule has 0 aliphatic carbocycles. The SMILES string of the molecule is O=C1CN(Cc2ccncc2NS(=O)(=O)NCc2ccccc2)C(=O)N1c1ccc(S(=O)(=O)C(F)(F)F)cc1. The van der Waals surface area contributed by atoms with E-state index in [1.807, 2.05) is 0 Å². The van der Waals surface area contributed by atoms with Gasteiger partial charge in [0, 0.05) is 12.7 Å². The number of halogens is 3. The van der Waals surface area contributed by atoms with Crippen molar-refractivity contribution in [1.29, 1.82) is 0 Å². The smallest absolute Gasteiger partial charge is 0.310 e. The molecule has 2 N–H and O–H groups in total. The third-order valence-corrected chi connectivity index (χ3v) is 8.09. The van der Waals surface area contributed by atoms with E-state index in [9.17, 15) is 39.6 Å². The minimum Gasteiger partial charge on any atom is -0.310 e. The molecule has 11 nitrogen and oxygen atoms in total. The third kappa shape index (κ3) is 6.18. The molecule has 0 bridgehead atoms. The molecule has 1 aliphatic heterocycles. The zero-order valence-electron chi connectivity index (χ0n) is 19.8. The number of rotatable bonds is 9. The fourth-order valence-electron chi connectivity index (χ4n) is 3.65. The molecule has 16 heteroatoms. The summed E-state index contributed by atoms with van der Waals surface area (Å²) in [7, 11) is -9.64. The number of amides is 3. The molecule has 2 aromatic carbocycles. The number of nitrogens with one attached hydrogen (secondary N) is 2. The first-order chi connectivity index (χ1) is 18.3. The van der Waals surface area contributed by atoms with Gasteiger partial charge in [-0.05, 0) is 41.5 Å². The largest absolute Gasteiger partial charge is 0.501 e. The Balaban J connectivity index is 1.48. The molecule has 2 heterocycles. The number of pyridine rings is 1. The van der Waals surface area contributed by atoms with Gasteiger partial charge < -0.3 is 4.90 Å². The highest BCUT2D eigenvalue weighted by molar-refractivity contribution is 7.92. The van der Waals surface area contributed by atoms with Gasteiger partial charge in [-0.1, -0.05) is 30.3 Å². The van der Waals surface area contributed by atoms with E-state index in [0.717, 1.165) is 22.6 Å². The number of aromatic nitrogens is 1. The molecule has 0 saturated carbocycles. The molecule has 1 aromatic heterocycles. The summed E-state index contributed by atoms with van der Waals surface area (Å²) in [6.07, 6.45) is 2.60. The van der Waals surface area contributed by atoms with Crippen LogP contribution in [-0.2, 0) is 37.9 Å². The highest BCUT2D eigenvalue weighted by Gasteiger charge is 2.47. The van der Waals surface area contributed by atoms with Crippen molar-refractivity contribution < 1.29 is 39.6 Å². The predicted molar refractivity (Wildman–Crippen MR) is 133 cm³/mol. The van der Waals surface area contributed by atoms with Crippen LogP contribution in [0.25, 0.3) is 0 Å². The van der Waals surface area contributed by atoms with E-state index in [1.165, 1.54) is 18.5 Å². The molecule has 1 aliphatic rings. The lowest BCUT2D eigenvalue weighted by Crippen LogP contribution is -2.33. The van der Waals surface area contributed by atoms with Crippen LogP contribution in [0.4, 0.5) is 29.3 Å². The van der Waals surface area contributed by atoms with Gasteiger partial charge >= 0.3 is 11.5 Å². The molecule has 0 radical (unpaired) electrons. The molecular formula is C23H20F3N5O6S2. The topological polar surface area (TPSA) is 146 Å². The molecule has 1 saturated heterocycles. The Morgan fingerprint density at radius 2 is 1.59 bits per heavy atom. The summed E-state index contributed by atoms with van der Waals surface area (Å²) in [6.45, 7) is -0.605. The fraction of sp³-hybridized carbons (Fsp3) is 0.174. The van der Waals surface area contributed by atoms with Crippen LogP contribution in [0.2, 0.25) is 0 Å². The van der Waals surface area contributed by atoms with Crippen molar-refractivity contribution >= 4 is 43.4 Å². The van der Waals surface area contributed by atoms with Crippen LogP contribution in [0.5, 0.6) is 0 Å². The number of imide groups is 1. The fourth-order valence-corrected chi connectivity index (χ4v) is 5.31. The van der Waals surface area contributed by atoms with Gasteiger partial charge in [0.25, 0.3) is 26.0 Å². The summed E-state index contributed by atoms with van der Waals surface area (Å²) in [5.41, 5.74) is -4.55. The van der Waals surface area contributed by atoms with E-state index >= 15 is 0 Å². The Labute approximate surface area is 221 Å². The highest BCUT2D eigenvalue weighted by Crippen LogP contribution is 2.32. The predicted octanol–water partition coefficient (Wildman–Crippen LogP) is 2.79. The first-order valence-corrected chi connectivity index (χ1v) is 14.0. The molecule has 206 valence electrons. The van der Waals surface area contributed by atoms with E-state index in [-0.39, 0.29) is 24.5 Å². The van der Waals surface area contributed by atoms with Crippen molar-refractivity contribution in [3.63, 3.8) is 0 Å². The lowest BCUT2D eigenvalue weighted by molar-refractivity contribution is -0.116. The number of alkyl halides is 3. The zero-order chi connectivity index (χ0) is 28.4. The van der Waals surface area contributed by atoms with Gasteiger partial charge in [0.1, 0.15) is 6.54 Å². The number of carbonyl (C=O) groups excluding carboxylic acids is 2. The van der Waals surface area contributed by atoms with Crippen molar-refractivity contribution in [2.24, 2.45) is 0 Å². The van der Waals surface area contributed by atoms with Crippen molar-refractivity contribution in [2.75, 3.05) is 16.2 Å². The summed E-state index contributed by atoms with van der Waals surface area (Å²) in [5.74, 6) is -0.716. The lowest BCUT2D eigenvalue weighted by atomic mass is 10.2. The standard InChI is InChI=1S/C23H20F3N5O6S2/c24-23(25,26)38(34,35)19-8-6-18(7-9-19)31-21(32)15-30(22(31)33)14-17-10-11-27-13-20(17)29-39(36,37)28-12-16-4-2-1-3-5-16/h1-11,13,28-29H,12,14-15H2. The minimum absolute atomic E-state index is 0.0168. The summed E-state index contributed by atoms with van der Waals surface area (Å²) in [4.78, 5) is 30.2. The first-order valence-electron chi connectivity index (χ1n) is 11.1. The number of anilines is 2. The van der Waals surface area contributed by atoms with Crippen LogP contribution in [-0.4, -0.2) is 50.7 Å². The van der Waals surface area contributed by atoms with E-state index < -0.39 is 48.9 Å². The minimum atomic E-state index is -5.60. The van der Waals surface area contributed by atoms with E-state index in [4.69, 9.17) is 0 Å². The first kappa shape index (κ1) is 28.0. The van der Waals surface area contributed by atoms with Gasteiger partial charge in [-0.3, -0.25) is 14.5 Å². The molecule has 3 aromatic rings. The molecule has 39 heavy (non-hydrogen) atoms. The highest BCUT2D eigenvalue weighted by atomic mass is 32.2. The summed E-state index contributed by atoms with van der Waals surface area (Å²) >= 11 is 0. The van der Waals surface area contributed by atoms with E-state index in [0.29, 0.717) is 22.6 Å². The maximum absolute atomic E-state index is 13.0. The Morgan fingerprint density at radius 3 is 2.23 bits per heavy atom. The number of carbonyl (C=O) groups is 2. The average Bonchev–Trinajstić information content (AvgIpc) is 3.16. The second-order valence-corrected chi connectivity index (χ2v) is 11.7. The number of hydrogen-bond acceptors (Lipinski definition) is 7. The number of benzene rings is 2. The van der Waals surface area contributed by atoms with Crippen molar-refractivity contribution in [3.8, 4) is 0 Å². The van der Waals surface area contributed by atoms with Crippen molar-refractivity contribution in [1.82, 2.24) is 14.6 Å². The van der Waals surface area contributed by atoms with Gasteiger partial charge in [0.15, 0.2) is 0 Å². The third-order valence-electron chi connectivity index (χ3n) is 5.57. The van der Waals surface area contributed by atoms with Crippen LogP contribution in [0.1, 0.15) is 11.1 Å². The van der Waals surface area contributed by atoms with Crippen LogP contribution >= 0.6 is 0 Å². The lowest BCUT2D eigenvalue weighted by Gasteiger charge is -2.19. The molecule has 0 spiro atoms. The second kappa shape index (κ2) is 10.6. The Bertz CT molecular complexity index is 1600. The van der Waals surface area contributed by atoms with Crippen LogP contribution in [0, 0.1) is 0 Å². The molecule has 0 unspecified atom stereocenters. The molecule has 3 amide bonds. The zero-order valence-corrected chi connectivity index (χ0v) is 21.4. The number of urea groups is 1. The quantitative estimate of drug-likeness (QED) is 0.369. The van der Waals surface area contributed by atoms with Crippen LogP contribution < -0.4 is 14.3 Å². The average molecular weight is 584 g/mol. The molecular weight excluding hydrogens is 563 g/mol. The van der Waals surface area contributed by atoms with Gasteiger partial charge in [-0.25, -0.2) is 18.1 Å². The molecule has 4 rings (SSSR count). The van der Waals surface area contributed by atoms with Gasteiger partial charge in [0.05, 0.1) is 29.0 Å². The van der Waals surface area contributed by atoms with Gasteiger partial charge in [-0.2, -0.15) is 26.3 Å². The Hall–Kier alpha value is -4.02. The normalized spacial score (nSPS) is 14.6. The van der Waals surface area contributed by atoms with E-state index in [1.54, 1.807) is 30.3 Å². The summed E-state index contributed by atoms with van der Waals surface area (Å²) < 4.78 is 91.4. The summed E-state index contributed by atoms with van der Waals surface area (Å²) in [5, 5.41) is 0. The van der Waals surface area contributed by atoms with Gasteiger partial charge in [-0.15, -0.1) is 0 Å².